The Bertz CT molecular complexity index is 578. The van der Waals surface area contributed by atoms with Gasteiger partial charge >= 0.3 is 0 Å². The predicted molar refractivity (Wildman–Crippen MR) is 87.8 cm³/mol. The van der Waals surface area contributed by atoms with Crippen LogP contribution >= 0.6 is 0 Å². The first-order valence-corrected chi connectivity index (χ1v) is 7.93. The van der Waals surface area contributed by atoms with E-state index in [4.69, 9.17) is 0 Å². The normalized spacial score (nSPS) is 21.3. The van der Waals surface area contributed by atoms with Gasteiger partial charge in [-0.3, -0.25) is 0 Å². The molecule has 0 N–H and O–H groups in total. The summed E-state index contributed by atoms with van der Waals surface area (Å²) < 4.78 is 0. The molecule has 1 spiro atoms. The molecule has 0 aliphatic heterocycles. The third-order valence-electron chi connectivity index (χ3n) is 4.91. The molecule has 1 aromatic carbocycles. The maximum atomic E-state index is 2.36. The molecule has 0 heteroatoms. The molecular weight excluding hydrogens is 240 g/mol. The number of rotatable bonds is 2. The Morgan fingerprint density at radius 2 is 1.60 bits per heavy atom. The highest BCUT2D eigenvalue weighted by Gasteiger charge is 2.43. The Balaban J connectivity index is 2.25. The van der Waals surface area contributed by atoms with Crippen LogP contribution in [0.4, 0.5) is 0 Å². The average molecular weight is 264 g/mol. The molecule has 2 aliphatic carbocycles. The first-order chi connectivity index (χ1) is 9.83. The second-order valence-electron chi connectivity index (χ2n) is 6.02. The SMILES string of the molecule is C/C=C\C1=C(/C=C\C)C2(CCCCC2)c2ccccc21. The maximum absolute atomic E-state index is 2.36. The van der Waals surface area contributed by atoms with E-state index in [-0.39, 0.29) is 5.41 Å². The summed E-state index contributed by atoms with van der Waals surface area (Å²) in [6.45, 7) is 4.26. The number of fused-ring (bicyclic) bond motifs is 2. The van der Waals surface area contributed by atoms with E-state index in [0.29, 0.717) is 0 Å². The van der Waals surface area contributed by atoms with Gasteiger partial charge in [0.25, 0.3) is 0 Å². The van der Waals surface area contributed by atoms with Crippen molar-refractivity contribution in [2.75, 3.05) is 0 Å². The van der Waals surface area contributed by atoms with Gasteiger partial charge in [-0.05, 0) is 49.0 Å². The molecular formula is C20H24. The van der Waals surface area contributed by atoms with Crippen molar-refractivity contribution in [3.05, 3.63) is 65.3 Å². The van der Waals surface area contributed by atoms with Gasteiger partial charge in [0, 0.05) is 5.41 Å². The Morgan fingerprint density at radius 3 is 2.30 bits per heavy atom. The lowest BCUT2D eigenvalue weighted by molar-refractivity contribution is 0.350. The summed E-state index contributed by atoms with van der Waals surface area (Å²) in [4.78, 5) is 0. The Kier molecular flexibility index (Phi) is 3.65. The summed E-state index contributed by atoms with van der Waals surface area (Å²) in [6.07, 6.45) is 15.8. The van der Waals surface area contributed by atoms with E-state index < -0.39 is 0 Å². The minimum Gasteiger partial charge on any atom is -0.0873 e. The summed E-state index contributed by atoms with van der Waals surface area (Å²) in [6, 6.07) is 9.05. The number of hydrogen-bond acceptors (Lipinski definition) is 0. The smallest absolute Gasteiger partial charge is 0.0215 e. The Hall–Kier alpha value is -1.56. The summed E-state index contributed by atoms with van der Waals surface area (Å²) in [5, 5.41) is 0. The Labute approximate surface area is 122 Å². The molecule has 0 aromatic heterocycles. The van der Waals surface area contributed by atoms with E-state index in [1.54, 1.807) is 11.1 Å². The number of allylic oxidation sites excluding steroid dienone is 6. The van der Waals surface area contributed by atoms with Gasteiger partial charge in [0.2, 0.25) is 0 Å². The van der Waals surface area contributed by atoms with Crippen LogP contribution in [0.25, 0.3) is 5.57 Å². The van der Waals surface area contributed by atoms with E-state index in [2.05, 4.69) is 62.4 Å². The fourth-order valence-electron chi connectivity index (χ4n) is 4.14. The third kappa shape index (κ3) is 1.90. The van der Waals surface area contributed by atoms with Crippen molar-refractivity contribution >= 4 is 5.57 Å². The van der Waals surface area contributed by atoms with Crippen molar-refractivity contribution in [1.82, 2.24) is 0 Å². The molecule has 1 saturated carbocycles. The molecule has 0 bridgehead atoms. The highest BCUT2D eigenvalue weighted by Crippen LogP contribution is 2.54. The lowest BCUT2D eigenvalue weighted by Gasteiger charge is -2.36. The van der Waals surface area contributed by atoms with E-state index in [9.17, 15) is 0 Å². The maximum Gasteiger partial charge on any atom is 0.0215 e. The van der Waals surface area contributed by atoms with Crippen molar-refractivity contribution < 1.29 is 0 Å². The quantitative estimate of drug-likeness (QED) is 0.632. The van der Waals surface area contributed by atoms with Gasteiger partial charge in [-0.15, -0.1) is 0 Å². The summed E-state index contributed by atoms with van der Waals surface area (Å²) in [5.74, 6) is 0. The van der Waals surface area contributed by atoms with Crippen LogP contribution in [0.15, 0.2) is 54.1 Å². The summed E-state index contributed by atoms with van der Waals surface area (Å²) >= 11 is 0. The van der Waals surface area contributed by atoms with Crippen LogP contribution < -0.4 is 0 Å². The molecule has 0 nitrogen and oxygen atoms in total. The van der Waals surface area contributed by atoms with Gasteiger partial charge in [-0.2, -0.15) is 0 Å². The van der Waals surface area contributed by atoms with Gasteiger partial charge in [0.1, 0.15) is 0 Å². The molecule has 104 valence electrons. The van der Waals surface area contributed by atoms with E-state index in [1.165, 1.54) is 43.2 Å². The molecule has 0 heterocycles. The zero-order valence-electron chi connectivity index (χ0n) is 12.7. The second-order valence-corrected chi connectivity index (χ2v) is 6.02. The van der Waals surface area contributed by atoms with Gasteiger partial charge in [-0.25, -0.2) is 0 Å². The monoisotopic (exact) mass is 264 g/mol. The minimum atomic E-state index is 0.288. The molecule has 1 aromatic rings. The van der Waals surface area contributed by atoms with Crippen molar-refractivity contribution in [2.24, 2.45) is 0 Å². The highest BCUT2D eigenvalue weighted by atomic mass is 14.5. The summed E-state index contributed by atoms with van der Waals surface area (Å²) in [7, 11) is 0. The van der Waals surface area contributed by atoms with Crippen molar-refractivity contribution in [2.45, 2.75) is 51.4 Å². The lowest BCUT2D eigenvalue weighted by Crippen LogP contribution is -2.28. The molecule has 0 radical (unpaired) electrons. The first kappa shape index (κ1) is 13.4. The molecule has 2 aliphatic rings. The van der Waals surface area contributed by atoms with Crippen LogP contribution in [-0.4, -0.2) is 0 Å². The minimum absolute atomic E-state index is 0.288. The summed E-state index contributed by atoms with van der Waals surface area (Å²) in [5.41, 5.74) is 6.32. The second kappa shape index (κ2) is 5.44. The molecule has 1 fully saturated rings. The van der Waals surface area contributed by atoms with Gasteiger partial charge in [0.15, 0.2) is 0 Å². The van der Waals surface area contributed by atoms with Gasteiger partial charge in [-0.1, -0.05) is 67.8 Å². The molecule has 0 amide bonds. The predicted octanol–water partition coefficient (Wildman–Crippen LogP) is 5.81. The molecule has 20 heavy (non-hydrogen) atoms. The van der Waals surface area contributed by atoms with Crippen LogP contribution in [0.5, 0.6) is 0 Å². The van der Waals surface area contributed by atoms with Crippen LogP contribution in [0.2, 0.25) is 0 Å². The topological polar surface area (TPSA) is 0 Å². The largest absolute Gasteiger partial charge is 0.0873 e. The van der Waals surface area contributed by atoms with Crippen LogP contribution in [0, 0.1) is 0 Å². The van der Waals surface area contributed by atoms with Gasteiger partial charge in [0.05, 0.1) is 0 Å². The molecule has 0 atom stereocenters. The Morgan fingerprint density at radius 1 is 0.900 bits per heavy atom. The van der Waals surface area contributed by atoms with Crippen LogP contribution in [0.3, 0.4) is 0 Å². The van der Waals surface area contributed by atoms with Crippen LogP contribution in [0.1, 0.15) is 57.1 Å². The van der Waals surface area contributed by atoms with Crippen molar-refractivity contribution in [1.29, 1.82) is 0 Å². The zero-order valence-corrected chi connectivity index (χ0v) is 12.7. The van der Waals surface area contributed by atoms with E-state index in [1.807, 2.05) is 0 Å². The zero-order chi connectivity index (χ0) is 14.0. The van der Waals surface area contributed by atoms with E-state index in [0.717, 1.165) is 0 Å². The fourth-order valence-corrected chi connectivity index (χ4v) is 4.14. The molecule has 0 unspecified atom stereocenters. The van der Waals surface area contributed by atoms with Crippen molar-refractivity contribution in [3.8, 4) is 0 Å². The lowest BCUT2D eigenvalue weighted by atomic mass is 9.67. The number of hydrogen-bond donors (Lipinski definition) is 0. The van der Waals surface area contributed by atoms with Crippen molar-refractivity contribution in [3.63, 3.8) is 0 Å². The van der Waals surface area contributed by atoms with E-state index >= 15 is 0 Å². The average Bonchev–Trinajstić information content (AvgIpc) is 2.73. The van der Waals surface area contributed by atoms with Crippen LogP contribution in [-0.2, 0) is 5.41 Å². The molecule has 0 saturated heterocycles. The van der Waals surface area contributed by atoms with Gasteiger partial charge < -0.3 is 0 Å². The first-order valence-electron chi connectivity index (χ1n) is 7.93. The molecule has 3 rings (SSSR count). The number of benzene rings is 1. The fraction of sp³-hybridized carbons (Fsp3) is 0.400. The third-order valence-corrected chi connectivity index (χ3v) is 4.91. The standard InChI is InChI=1S/C20H24/c1-3-10-16-17-12-6-7-13-19(17)20(18(16)11-4-2)14-8-5-9-15-20/h3-4,6-7,10-13H,5,8-9,14-15H2,1-2H3/b10-3-,11-4-. The highest BCUT2D eigenvalue weighted by molar-refractivity contribution is 5.88.